The number of carbonyl (C=O) groups is 11. The number of nitrogens with two attached hydrogens (primary N) is 2. The van der Waals surface area contributed by atoms with Crippen LogP contribution in [-0.4, -0.2) is 190 Å². The molecule has 1 aliphatic heterocycles. The molecule has 0 spiro atoms. The van der Waals surface area contributed by atoms with Crippen LogP contribution in [0.25, 0.3) is 0 Å². The molecule has 0 saturated carbocycles. The van der Waals surface area contributed by atoms with Crippen molar-refractivity contribution in [1.82, 2.24) is 57.4 Å². The highest BCUT2D eigenvalue weighted by molar-refractivity contribution is 5.99. The Hall–Kier alpha value is -10.5. The predicted molar refractivity (Wildman–Crippen MR) is 345 cm³/mol. The number of H-pyrrole nitrogens is 1. The number of aliphatic hydroxyl groups excluding tert-OH is 2. The van der Waals surface area contributed by atoms with E-state index in [1.807, 2.05) is 0 Å². The highest BCUT2D eigenvalue weighted by atomic mass is 16.4. The maximum atomic E-state index is 15.0. The van der Waals surface area contributed by atoms with E-state index in [2.05, 4.69) is 52.5 Å². The number of carboxylic acid groups (broad SMARTS) is 1. The average Bonchev–Trinajstić information content (AvgIpc) is 1.57. The molecule has 10 amide bonds. The first-order valence-corrected chi connectivity index (χ1v) is 31.3. The van der Waals surface area contributed by atoms with Crippen molar-refractivity contribution in [3.63, 3.8) is 0 Å². The third kappa shape index (κ3) is 22.9. The lowest BCUT2D eigenvalue weighted by Crippen LogP contribution is -2.62. The number of nitrogens with one attached hydrogen (secondary N) is 9. The van der Waals surface area contributed by atoms with Crippen LogP contribution in [0.1, 0.15) is 87.7 Å². The summed E-state index contributed by atoms with van der Waals surface area (Å²) < 4.78 is 0. The van der Waals surface area contributed by atoms with Crippen molar-refractivity contribution in [2.75, 3.05) is 6.54 Å². The van der Waals surface area contributed by atoms with E-state index >= 15 is 4.79 Å². The van der Waals surface area contributed by atoms with E-state index in [0.29, 0.717) is 27.9 Å². The summed E-state index contributed by atoms with van der Waals surface area (Å²) in [6, 6.07) is 10.0. The van der Waals surface area contributed by atoms with Crippen molar-refractivity contribution < 1.29 is 83.4 Å². The normalized spacial score (nSPS) is 16.2. The number of hydrogen-bond donors (Lipinski definition) is 17. The van der Waals surface area contributed by atoms with E-state index in [4.69, 9.17) is 11.5 Å². The number of carboxylic acids is 1. The summed E-state index contributed by atoms with van der Waals surface area (Å²) >= 11 is 0. The van der Waals surface area contributed by atoms with Crippen molar-refractivity contribution >= 4 is 65.0 Å². The molecule has 0 unspecified atom stereocenters. The van der Waals surface area contributed by atoms with E-state index in [1.165, 1.54) is 104 Å². The number of likely N-dealkylation sites (tertiary alicyclic amines) is 1. The van der Waals surface area contributed by atoms with Gasteiger partial charge in [0.2, 0.25) is 59.1 Å². The van der Waals surface area contributed by atoms with E-state index < -0.39 is 144 Å². The van der Waals surface area contributed by atoms with Crippen LogP contribution in [0, 0.1) is 5.92 Å². The molecule has 2 heterocycles. The second-order valence-corrected chi connectivity index (χ2v) is 24.2. The molecule has 19 N–H and O–H groups in total. The van der Waals surface area contributed by atoms with Crippen LogP contribution >= 0.6 is 0 Å². The quantitative estimate of drug-likeness (QED) is 0.0217. The van der Waals surface area contributed by atoms with Crippen LogP contribution in [0.2, 0.25) is 0 Å². The van der Waals surface area contributed by atoms with Crippen molar-refractivity contribution in [2.24, 2.45) is 17.4 Å². The number of primary amides is 1. The Morgan fingerprint density at radius 2 is 0.958 bits per heavy atom. The standard InChI is InChI=1S/C66H85N13O17/c1-35(2)27-48(59(88)73-50(28-38-9-6-5-7-10-38)62(91)78-56(37(4)81)66(95)96)75-63(92)53-11-8-26-79(53)65(94)52(31-41-16-22-45(84)23-17-41)76-64(93)55(36(3)80)77-61(90)51(30-40-14-20-44(83)21-15-40)74-60(89)49(29-39-12-18-43(82)19-13-39)72-58(87)47(24-25-54(68)85)71-57(86)46(67)32-42-33-69-34-70-42/h5-7,9-10,12-23,33-37,46-53,55-56,80-84H,8,11,24-32,67H2,1-4H3,(H2,68,85)(H,69,70)(H,71,86)(H,72,87)(H,73,88)(H,74,89)(H,75,92)(H,76,93)(H,77,90)(H,78,91)(H,95,96)/t36-,37-,46+,47+,48+,49+,50+,51+,52+,53+,55+,56+/m1/s1. The van der Waals surface area contributed by atoms with Gasteiger partial charge in [0.25, 0.3) is 0 Å². The Morgan fingerprint density at radius 1 is 0.531 bits per heavy atom. The SMILES string of the molecule is CC(C)C[C@H](NC(=O)[C@@H]1CCCN1C(=O)[C@H](Cc1ccc(O)cc1)NC(=O)[C@@H](NC(=O)[C@H](Cc1ccc(O)cc1)NC(=O)[C@H](Cc1ccc(O)cc1)NC(=O)[C@H](CCC(N)=O)NC(=O)[C@@H](N)Cc1cnc[nH]1)[C@@H](C)O)C(=O)N[C@@H](Cc1ccccc1)C(=O)N[C@H](C(=O)O)[C@@H](C)O. The summed E-state index contributed by atoms with van der Waals surface area (Å²) in [6.07, 6.45) is -1.85. The fourth-order valence-electron chi connectivity index (χ4n) is 10.7. The van der Waals surface area contributed by atoms with Gasteiger partial charge in [-0.05, 0) is 104 Å². The molecule has 0 radical (unpaired) electrons. The van der Waals surface area contributed by atoms with Crippen molar-refractivity contribution in [1.29, 1.82) is 0 Å². The highest BCUT2D eigenvalue weighted by Crippen LogP contribution is 2.23. The third-order valence-electron chi connectivity index (χ3n) is 15.9. The van der Waals surface area contributed by atoms with Gasteiger partial charge in [-0.25, -0.2) is 9.78 Å². The lowest BCUT2D eigenvalue weighted by Gasteiger charge is -2.32. The zero-order chi connectivity index (χ0) is 70.3. The van der Waals surface area contributed by atoms with E-state index in [9.17, 15) is 78.6 Å². The molecule has 5 aromatic rings. The molecule has 1 saturated heterocycles. The number of aromatic amines is 1. The number of phenols is 3. The molecule has 1 aromatic heterocycles. The van der Waals surface area contributed by atoms with Crippen LogP contribution < -0.4 is 54.0 Å². The minimum atomic E-state index is -1.89. The Kier molecular flexibility index (Phi) is 27.7. The van der Waals surface area contributed by atoms with Gasteiger partial charge < -0.3 is 94.5 Å². The number of amides is 10. The number of phenolic OH excluding ortho intramolecular Hbond substituents is 3. The van der Waals surface area contributed by atoms with Gasteiger partial charge in [-0.15, -0.1) is 0 Å². The average molecular weight is 1330 g/mol. The smallest absolute Gasteiger partial charge is 0.328 e. The molecule has 0 aliphatic carbocycles. The first kappa shape index (κ1) is 74.6. The lowest BCUT2D eigenvalue weighted by atomic mass is 10.00. The van der Waals surface area contributed by atoms with Gasteiger partial charge in [0, 0.05) is 57.0 Å². The number of aromatic nitrogens is 2. The van der Waals surface area contributed by atoms with Crippen molar-refractivity contribution in [3.05, 3.63) is 144 Å². The Bertz CT molecular complexity index is 3470. The zero-order valence-electron chi connectivity index (χ0n) is 53.5. The van der Waals surface area contributed by atoms with Crippen LogP contribution in [-0.2, 0) is 84.8 Å². The monoisotopic (exact) mass is 1330 g/mol. The molecule has 1 aliphatic rings. The first-order chi connectivity index (χ1) is 45.5. The Balaban J connectivity index is 1.25. The number of hydrogen-bond acceptors (Lipinski definition) is 18. The summed E-state index contributed by atoms with van der Waals surface area (Å²) in [5.41, 5.74) is 13.8. The van der Waals surface area contributed by atoms with Gasteiger partial charge in [0.05, 0.1) is 24.6 Å². The summed E-state index contributed by atoms with van der Waals surface area (Å²) in [4.78, 5) is 161. The molecule has 6 rings (SSSR count). The zero-order valence-corrected chi connectivity index (χ0v) is 53.5. The third-order valence-corrected chi connectivity index (χ3v) is 15.9. The molecule has 516 valence electrons. The van der Waals surface area contributed by atoms with Crippen LogP contribution in [0.4, 0.5) is 0 Å². The molecule has 4 aromatic carbocycles. The van der Waals surface area contributed by atoms with Gasteiger partial charge >= 0.3 is 5.97 Å². The van der Waals surface area contributed by atoms with Crippen LogP contribution in [0.3, 0.4) is 0 Å². The molecular weight excluding hydrogens is 1250 g/mol. The molecule has 30 heteroatoms. The molecule has 1 fully saturated rings. The van der Waals surface area contributed by atoms with Crippen molar-refractivity contribution in [3.8, 4) is 17.2 Å². The molecule has 96 heavy (non-hydrogen) atoms. The molecule has 30 nitrogen and oxygen atoms in total. The number of imidazole rings is 1. The fourth-order valence-corrected chi connectivity index (χ4v) is 10.7. The maximum Gasteiger partial charge on any atom is 0.328 e. The number of aliphatic hydroxyl groups is 2. The topological polar surface area (TPSA) is 489 Å². The van der Waals surface area contributed by atoms with E-state index in [1.54, 1.807) is 44.2 Å². The van der Waals surface area contributed by atoms with E-state index in [0.717, 1.165) is 0 Å². The molecule has 12 atom stereocenters. The Morgan fingerprint density at radius 3 is 1.41 bits per heavy atom. The summed E-state index contributed by atoms with van der Waals surface area (Å²) in [6.45, 7) is 5.86. The number of benzene rings is 4. The fraction of sp³-hybridized carbons (Fsp3) is 0.424. The number of nitrogens with zero attached hydrogens (tertiary/aromatic N) is 2. The van der Waals surface area contributed by atoms with Crippen LogP contribution in [0.5, 0.6) is 17.2 Å². The predicted octanol–water partition coefficient (Wildman–Crippen LogP) is -1.61. The largest absolute Gasteiger partial charge is 0.508 e. The Labute approximate surface area is 553 Å². The first-order valence-electron chi connectivity index (χ1n) is 31.3. The lowest BCUT2D eigenvalue weighted by molar-refractivity contribution is -0.145. The van der Waals surface area contributed by atoms with Gasteiger partial charge in [-0.1, -0.05) is 80.6 Å². The minimum Gasteiger partial charge on any atom is -0.508 e. The summed E-state index contributed by atoms with van der Waals surface area (Å²) in [5.74, 6) is -11.4. The minimum absolute atomic E-state index is 0.0229. The molecule has 0 bridgehead atoms. The van der Waals surface area contributed by atoms with Crippen LogP contribution in [0.15, 0.2) is 116 Å². The number of carbonyl (C=O) groups excluding carboxylic acids is 10. The second-order valence-electron chi connectivity index (χ2n) is 24.2. The van der Waals surface area contributed by atoms with Gasteiger partial charge in [0.1, 0.15) is 65.6 Å². The van der Waals surface area contributed by atoms with Crippen molar-refractivity contribution in [2.45, 2.75) is 165 Å². The van der Waals surface area contributed by atoms with Gasteiger partial charge in [-0.3, -0.25) is 47.9 Å². The number of aliphatic carboxylic acids is 1. The van der Waals surface area contributed by atoms with E-state index in [-0.39, 0.29) is 87.5 Å². The number of aromatic hydroxyl groups is 3. The number of rotatable bonds is 35. The van der Waals surface area contributed by atoms with Gasteiger partial charge in [-0.2, -0.15) is 0 Å². The molecular formula is C66H85N13O17. The summed E-state index contributed by atoms with van der Waals surface area (Å²) in [5, 5.41) is 82.1. The summed E-state index contributed by atoms with van der Waals surface area (Å²) in [7, 11) is 0. The highest BCUT2D eigenvalue weighted by Gasteiger charge is 2.42. The second kappa shape index (κ2) is 35.7. The maximum absolute atomic E-state index is 15.0. The van der Waals surface area contributed by atoms with Gasteiger partial charge in [0.15, 0.2) is 6.04 Å².